The van der Waals surface area contributed by atoms with Crippen molar-refractivity contribution in [3.05, 3.63) is 77.3 Å². The number of aromatic nitrogens is 3. The number of ether oxygens (including phenoxy) is 1. The number of benzene rings is 2. The third-order valence-electron chi connectivity index (χ3n) is 7.13. The molecule has 1 amide bonds. The van der Waals surface area contributed by atoms with Gasteiger partial charge in [0, 0.05) is 55.1 Å². The molecule has 2 N–H and O–H groups in total. The summed E-state index contributed by atoms with van der Waals surface area (Å²) in [6, 6.07) is 13.6. The van der Waals surface area contributed by atoms with Crippen molar-refractivity contribution in [1.82, 2.24) is 19.4 Å². The topological polar surface area (TPSA) is 89.5 Å². The molecule has 8 nitrogen and oxygen atoms in total. The molecule has 2 aromatic heterocycles. The van der Waals surface area contributed by atoms with Crippen molar-refractivity contribution >= 4 is 22.5 Å². The van der Waals surface area contributed by atoms with Crippen LogP contribution in [-0.2, 0) is 13.0 Å². The third kappa shape index (κ3) is 3.85. The van der Waals surface area contributed by atoms with Crippen molar-refractivity contribution < 1.29 is 13.9 Å². The van der Waals surface area contributed by atoms with E-state index in [0.29, 0.717) is 29.1 Å². The lowest BCUT2D eigenvalue weighted by atomic mass is 10.1. The molecule has 2 aliphatic rings. The maximum absolute atomic E-state index is 14.9. The molecular formula is C27H27FN6O2. The zero-order valence-corrected chi connectivity index (χ0v) is 20.1. The molecule has 2 aliphatic heterocycles. The number of aryl methyl sites for hydroxylation is 1. The molecule has 0 bridgehead atoms. The van der Waals surface area contributed by atoms with Gasteiger partial charge in [0.25, 0.3) is 5.91 Å². The van der Waals surface area contributed by atoms with Crippen molar-refractivity contribution in [2.24, 2.45) is 5.73 Å². The van der Waals surface area contributed by atoms with E-state index >= 15 is 0 Å². The Labute approximate surface area is 208 Å². The highest BCUT2D eigenvalue weighted by Gasteiger charge is 2.27. The molecule has 9 heteroatoms. The maximum atomic E-state index is 14.9. The van der Waals surface area contributed by atoms with Crippen molar-refractivity contribution in [2.75, 3.05) is 37.6 Å². The van der Waals surface area contributed by atoms with E-state index in [1.807, 2.05) is 6.92 Å². The number of carbonyl (C=O) groups excluding carboxylic acids is 1. The van der Waals surface area contributed by atoms with Gasteiger partial charge in [-0.05, 0) is 49.7 Å². The summed E-state index contributed by atoms with van der Waals surface area (Å²) in [5.41, 5.74) is 10.7. The van der Waals surface area contributed by atoms with Gasteiger partial charge < -0.3 is 15.4 Å². The van der Waals surface area contributed by atoms with E-state index < -0.39 is 5.91 Å². The summed E-state index contributed by atoms with van der Waals surface area (Å²) in [6.45, 7) is 6.43. The first-order valence-electron chi connectivity index (χ1n) is 12.1. The number of rotatable bonds is 5. The number of nitrogens with two attached hydrogens (primary N) is 1. The summed E-state index contributed by atoms with van der Waals surface area (Å²) in [4.78, 5) is 25.2. The van der Waals surface area contributed by atoms with E-state index in [2.05, 4.69) is 50.1 Å². The monoisotopic (exact) mass is 486 g/mol. The lowest BCUT2D eigenvalue weighted by Gasteiger charge is -2.36. The first kappa shape index (κ1) is 22.5. The Kier molecular flexibility index (Phi) is 5.56. The number of hydrogen-bond donors (Lipinski definition) is 1. The van der Waals surface area contributed by atoms with Crippen LogP contribution in [0, 0.1) is 12.7 Å². The molecule has 6 rings (SSSR count). The number of piperazine rings is 1. The van der Waals surface area contributed by atoms with Gasteiger partial charge in [-0.3, -0.25) is 19.2 Å². The summed E-state index contributed by atoms with van der Waals surface area (Å²) in [5, 5.41) is 1.17. The van der Waals surface area contributed by atoms with Gasteiger partial charge in [-0.25, -0.2) is 9.37 Å². The molecule has 0 aliphatic carbocycles. The maximum Gasteiger partial charge on any atom is 0.269 e. The first-order valence-corrected chi connectivity index (χ1v) is 12.1. The molecule has 184 valence electrons. The van der Waals surface area contributed by atoms with E-state index in [1.165, 1.54) is 17.1 Å². The Balaban J connectivity index is 1.16. The van der Waals surface area contributed by atoms with E-state index in [9.17, 15) is 9.18 Å². The molecule has 0 radical (unpaired) electrons. The second-order valence-electron chi connectivity index (χ2n) is 9.31. The lowest BCUT2D eigenvalue weighted by molar-refractivity contribution is 0.0993. The number of hydrogen-bond acceptors (Lipinski definition) is 6. The van der Waals surface area contributed by atoms with Crippen LogP contribution in [-0.4, -0.2) is 58.1 Å². The van der Waals surface area contributed by atoms with Crippen LogP contribution >= 0.6 is 0 Å². The molecule has 1 saturated heterocycles. The fourth-order valence-electron chi connectivity index (χ4n) is 5.24. The molecular weight excluding hydrogens is 459 g/mol. The van der Waals surface area contributed by atoms with Crippen LogP contribution in [0.5, 0.6) is 5.75 Å². The van der Waals surface area contributed by atoms with E-state index in [4.69, 9.17) is 10.5 Å². The average molecular weight is 487 g/mol. The smallest absolute Gasteiger partial charge is 0.269 e. The van der Waals surface area contributed by atoms with Crippen molar-refractivity contribution in [1.29, 1.82) is 0 Å². The van der Waals surface area contributed by atoms with Gasteiger partial charge in [-0.15, -0.1) is 0 Å². The number of anilines is 1. The predicted octanol–water partition coefficient (Wildman–Crippen LogP) is 3.22. The highest BCUT2D eigenvalue weighted by Crippen LogP contribution is 2.36. The number of pyridine rings is 1. The first-order chi connectivity index (χ1) is 17.5. The van der Waals surface area contributed by atoms with Crippen LogP contribution < -0.4 is 15.4 Å². The summed E-state index contributed by atoms with van der Waals surface area (Å²) in [6.07, 6.45) is 2.07. The predicted molar refractivity (Wildman–Crippen MR) is 135 cm³/mol. The Morgan fingerprint density at radius 3 is 2.72 bits per heavy atom. The molecule has 0 spiro atoms. The van der Waals surface area contributed by atoms with Gasteiger partial charge in [-0.2, -0.15) is 0 Å². The molecule has 0 unspecified atom stereocenters. The molecule has 0 saturated carbocycles. The van der Waals surface area contributed by atoms with E-state index in [0.717, 1.165) is 43.9 Å². The number of carbonyl (C=O) groups is 1. The normalized spacial score (nSPS) is 15.4. The Hall–Kier alpha value is -3.98. The third-order valence-corrected chi connectivity index (χ3v) is 7.13. The zero-order valence-electron chi connectivity index (χ0n) is 20.1. The molecule has 1 fully saturated rings. The summed E-state index contributed by atoms with van der Waals surface area (Å²) in [7, 11) is 0. The number of amides is 1. The summed E-state index contributed by atoms with van der Waals surface area (Å²) in [5.74, 6) is -0.384. The van der Waals surface area contributed by atoms with Crippen molar-refractivity contribution in [3.63, 3.8) is 0 Å². The summed E-state index contributed by atoms with van der Waals surface area (Å²) < 4.78 is 22.6. The minimum absolute atomic E-state index is 0.125. The van der Waals surface area contributed by atoms with Crippen molar-refractivity contribution in [2.45, 2.75) is 20.0 Å². The van der Waals surface area contributed by atoms with Crippen LogP contribution in [0.2, 0.25) is 0 Å². The van der Waals surface area contributed by atoms with Gasteiger partial charge >= 0.3 is 0 Å². The molecule has 2 aromatic carbocycles. The average Bonchev–Trinajstić information content (AvgIpc) is 3.33. The fourth-order valence-corrected chi connectivity index (χ4v) is 5.24. The lowest BCUT2D eigenvalue weighted by Crippen LogP contribution is -2.47. The highest BCUT2D eigenvalue weighted by atomic mass is 19.1. The minimum Gasteiger partial charge on any atom is -0.485 e. The SMILES string of the molecule is Cc1ccc2c(N3CCN(CCc4c(F)ccc5c4OCc4c(C(N)=O)ncn4-5)CC3)cccc2n1. The molecule has 4 heterocycles. The highest BCUT2D eigenvalue weighted by molar-refractivity contribution is 5.92. The summed E-state index contributed by atoms with van der Waals surface area (Å²) >= 11 is 0. The van der Waals surface area contributed by atoms with Gasteiger partial charge in [0.15, 0.2) is 5.69 Å². The van der Waals surface area contributed by atoms with Crippen LogP contribution in [0.4, 0.5) is 10.1 Å². The molecule has 36 heavy (non-hydrogen) atoms. The second kappa shape index (κ2) is 8.91. The van der Waals surface area contributed by atoms with Crippen LogP contribution in [0.3, 0.4) is 0 Å². The molecule has 0 atom stereocenters. The standard InChI is InChI=1S/C27H27FN6O2/c1-17-5-6-19-21(31-17)3-2-4-22(19)33-13-11-32(12-14-33)10-9-18-20(28)7-8-23-26(18)36-15-24-25(27(29)35)30-16-34(23)24/h2-8,16H,9-15H2,1H3,(H2,29,35). The van der Waals surface area contributed by atoms with Gasteiger partial charge in [0.1, 0.15) is 24.5 Å². The van der Waals surface area contributed by atoms with Crippen LogP contribution in [0.1, 0.15) is 27.4 Å². The fraction of sp³-hybridized carbons (Fsp3) is 0.296. The Morgan fingerprint density at radius 2 is 1.92 bits per heavy atom. The molecule has 4 aromatic rings. The number of fused-ring (bicyclic) bond motifs is 4. The second-order valence-corrected chi connectivity index (χ2v) is 9.31. The van der Waals surface area contributed by atoms with Crippen LogP contribution in [0.15, 0.2) is 48.8 Å². The van der Waals surface area contributed by atoms with E-state index in [1.54, 1.807) is 17.0 Å². The van der Waals surface area contributed by atoms with Gasteiger partial charge in [0.05, 0.1) is 16.9 Å². The quantitative estimate of drug-likeness (QED) is 0.466. The largest absolute Gasteiger partial charge is 0.485 e. The van der Waals surface area contributed by atoms with Crippen molar-refractivity contribution in [3.8, 4) is 11.4 Å². The zero-order chi connectivity index (χ0) is 24.8. The number of imidazole rings is 1. The van der Waals surface area contributed by atoms with Gasteiger partial charge in [0.2, 0.25) is 0 Å². The Bertz CT molecular complexity index is 1470. The van der Waals surface area contributed by atoms with Crippen LogP contribution in [0.25, 0.3) is 16.6 Å². The van der Waals surface area contributed by atoms with Gasteiger partial charge in [-0.1, -0.05) is 6.07 Å². The Morgan fingerprint density at radius 1 is 1.08 bits per heavy atom. The number of nitrogens with zero attached hydrogens (tertiary/aromatic N) is 5. The number of primary amides is 1. The van der Waals surface area contributed by atoms with E-state index in [-0.39, 0.29) is 18.1 Å². The minimum atomic E-state index is -0.604. The number of halogens is 1.